The third kappa shape index (κ3) is 4.89. The monoisotopic (exact) mass is 372 g/mol. The molecular weight excluding hydrogens is 361 g/mol. The normalized spacial score (nSPS) is 12.7. The van der Waals surface area contributed by atoms with E-state index in [1.807, 2.05) is 0 Å². The van der Waals surface area contributed by atoms with Crippen LogP contribution in [0.15, 0.2) is 6.20 Å². The topological polar surface area (TPSA) is 95.6 Å². The van der Waals surface area contributed by atoms with Gasteiger partial charge < -0.3 is 0 Å². The Hall–Kier alpha value is -1.69. The molecule has 0 saturated carbocycles. The van der Waals surface area contributed by atoms with Crippen molar-refractivity contribution in [1.82, 2.24) is 30.0 Å². The zero-order chi connectivity index (χ0) is 17.3. The molecule has 0 aromatic carbocycles. The highest BCUT2D eigenvalue weighted by Crippen LogP contribution is 2.20. The van der Waals surface area contributed by atoms with Crippen LogP contribution in [-0.2, 0) is 34.4 Å². The fourth-order valence-electron chi connectivity index (χ4n) is 1.82. The second-order valence-electron chi connectivity index (χ2n) is 4.64. The molecule has 2 rings (SSSR count). The average molecular weight is 373 g/mol. The first-order valence-corrected chi connectivity index (χ1v) is 8.53. The predicted octanol–water partition coefficient (Wildman–Crippen LogP) is 1.22. The van der Waals surface area contributed by atoms with Crippen molar-refractivity contribution < 1.29 is 21.6 Å². The van der Waals surface area contributed by atoms with Gasteiger partial charge in [0.05, 0.1) is 22.7 Å². The van der Waals surface area contributed by atoms with Gasteiger partial charge in [-0.25, -0.2) is 8.42 Å². The molecule has 0 aliphatic rings. The van der Waals surface area contributed by atoms with Crippen LogP contribution in [0.1, 0.15) is 18.4 Å². The quantitative estimate of drug-likeness (QED) is 0.756. The van der Waals surface area contributed by atoms with Crippen LogP contribution in [0.4, 0.5) is 13.2 Å². The lowest BCUT2D eigenvalue weighted by molar-refractivity contribution is -0.145. The van der Waals surface area contributed by atoms with Crippen molar-refractivity contribution in [3.63, 3.8) is 0 Å². The van der Waals surface area contributed by atoms with Crippen molar-refractivity contribution in [2.45, 2.75) is 37.7 Å². The van der Waals surface area contributed by atoms with Gasteiger partial charge in [0.2, 0.25) is 0 Å². The summed E-state index contributed by atoms with van der Waals surface area (Å²) in [5.41, 5.74) is 0.303. The van der Waals surface area contributed by atoms with Crippen LogP contribution in [0.3, 0.4) is 0 Å². The number of hydrogen-bond donors (Lipinski definition) is 0. The predicted molar refractivity (Wildman–Crippen MR) is 73.1 cm³/mol. The molecule has 23 heavy (non-hydrogen) atoms. The Labute approximate surface area is 134 Å². The van der Waals surface area contributed by atoms with E-state index in [2.05, 4.69) is 20.5 Å². The minimum atomic E-state index is -4.52. The lowest BCUT2D eigenvalue weighted by atomic mass is 10.5. The second-order valence-corrected chi connectivity index (χ2v) is 7.11. The first-order chi connectivity index (χ1) is 10.6. The molecule has 0 aliphatic heterocycles. The van der Waals surface area contributed by atoms with E-state index in [1.54, 1.807) is 6.92 Å². The highest BCUT2D eigenvalue weighted by molar-refractivity contribution is 7.89. The summed E-state index contributed by atoms with van der Waals surface area (Å²) in [4.78, 5) is 0.300. The van der Waals surface area contributed by atoms with Crippen LogP contribution in [0.25, 0.3) is 0 Å². The molecule has 2 aromatic heterocycles. The highest BCUT2D eigenvalue weighted by atomic mass is 35.5. The van der Waals surface area contributed by atoms with Crippen LogP contribution in [-0.4, -0.2) is 44.6 Å². The van der Waals surface area contributed by atoms with Gasteiger partial charge >= 0.3 is 6.18 Å². The molecule has 0 bridgehead atoms. The maximum absolute atomic E-state index is 12.2. The van der Waals surface area contributed by atoms with E-state index in [0.29, 0.717) is 17.0 Å². The number of alkyl halides is 3. The molecule has 0 unspecified atom stereocenters. The zero-order valence-corrected chi connectivity index (χ0v) is 13.4. The highest BCUT2D eigenvalue weighted by Gasteiger charge is 2.30. The van der Waals surface area contributed by atoms with Crippen molar-refractivity contribution in [3.05, 3.63) is 22.7 Å². The van der Waals surface area contributed by atoms with Gasteiger partial charge in [0, 0.05) is 6.54 Å². The van der Waals surface area contributed by atoms with Gasteiger partial charge in [0.25, 0.3) is 0 Å². The minimum Gasteiger partial charge on any atom is -0.267 e. The summed E-state index contributed by atoms with van der Waals surface area (Å²) in [5, 5.41) is 14.0. The number of sulfone groups is 1. The van der Waals surface area contributed by atoms with E-state index in [1.165, 1.54) is 10.9 Å². The summed E-state index contributed by atoms with van der Waals surface area (Å²) in [7, 11) is -3.75. The molecule has 0 aliphatic carbocycles. The maximum Gasteiger partial charge on any atom is 0.409 e. The van der Waals surface area contributed by atoms with E-state index in [9.17, 15) is 21.6 Å². The Balaban J connectivity index is 2.11. The molecule has 0 saturated heterocycles. The number of tetrazole rings is 1. The van der Waals surface area contributed by atoms with E-state index < -0.39 is 34.1 Å². The van der Waals surface area contributed by atoms with E-state index in [-0.39, 0.29) is 10.8 Å². The average Bonchev–Trinajstić information content (AvgIpc) is 2.95. The summed E-state index contributed by atoms with van der Waals surface area (Å²) < 4.78 is 62.3. The Morgan fingerprint density at radius 1 is 1.30 bits per heavy atom. The van der Waals surface area contributed by atoms with Crippen molar-refractivity contribution >= 4 is 21.4 Å². The number of aromatic nitrogens is 6. The van der Waals surface area contributed by atoms with Gasteiger partial charge in [-0.2, -0.15) is 23.1 Å². The molecule has 2 aromatic rings. The van der Waals surface area contributed by atoms with Gasteiger partial charge in [-0.3, -0.25) is 4.68 Å². The lowest BCUT2D eigenvalue weighted by Crippen LogP contribution is -2.20. The van der Waals surface area contributed by atoms with Gasteiger partial charge in [-0.15, -0.1) is 10.2 Å². The van der Waals surface area contributed by atoms with Gasteiger partial charge in [-0.1, -0.05) is 11.6 Å². The number of halogens is 4. The van der Waals surface area contributed by atoms with E-state index in [4.69, 9.17) is 11.6 Å². The molecule has 0 fully saturated rings. The second kappa shape index (κ2) is 6.43. The molecular formula is C10H12ClF3N6O2S. The Bertz CT molecular complexity index is 785. The molecule has 2 heterocycles. The first-order valence-electron chi connectivity index (χ1n) is 6.33. The van der Waals surface area contributed by atoms with Crippen LogP contribution in [0, 0.1) is 0 Å². The lowest BCUT2D eigenvalue weighted by Gasteiger charge is -2.05. The van der Waals surface area contributed by atoms with Crippen LogP contribution >= 0.6 is 11.6 Å². The summed E-state index contributed by atoms with van der Waals surface area (Å²) in [5.74, 6) is -1.38. The maximum atomic E-state index is 12.2. The first kappa shape index (κ1) is 17.7. The standard InChI is InChI=1S/C10H12ClF3N6O2S/c1-2-19-8(7(11)3-15-19)4-23(21,22)5-9-16-18-20(17-9)6-10(12,13)14/h3H,2,4-6H2,1H3. The van der Waals surface area contributed by atoms with E-state index in [0.717, 1.165) is 0 Å². The zero-order valence-electron chi connectivity index (χ0n) is 11.8. The molecule has 0 amide bonds. The van der Waals surface area contributed by atoms with Crippen molar-refractivity contribution in [3.8, 4) is 0 Å². The third-order valence-electron chi connectivity index (χ3n) is 2.72. The number of aryl methyl sites for hydroxylation is 1. The molecule has 8 nitrogen and oxygen atoms in total. The van der Waals surface area contributed by atoms with Gasteiger partial charge in [-0.05, 0) is 12.1 Å². The van der Waals surface area contributed by atoms with Crippen LogP contribution < -0.4 is 0 Å². The van der Waals surface area contributed by atoms with Gasteiger partial charge in [0.1, 0.15) is 5.75 Å². The summed E-state index contributed by atoms with van der Waals surface area (Å²) in [6.07, 6.45) is -3.19. The molecule has 13 heteroatoms. The number of rotatable bonds is 6. The fraction of sp³-hybridized carbons (Fsp3) is 0.600. The van der Waals surface area contributed by atoms with Gasteiger partial charge in [0.15, 0.2) is 22.2 Å². The van der Waals surface area contributed by atoms with Crippen molar-refractivity contribution in [2.24, 2.45) is 0 Å². The third-order valence-corrected chi connectivity index (χ3v) is 4.44. The van der Waals surface area contributed by atoms with Crippen molar-refractivity contribution in [1.29, 1.82) is 0 Å². The van der Waals surface area contributed by atoms with E-state index >= 15 is 0 Å². The molecule has 0 spiro atoms. The fourth-order valence-corrected chi connectivity index (χ4v) is 3.44. The summed E-state index contributed by atoms with van der Waals surface area (Å²) in [6, 6.07) is 0. The number of nitrogens with zero attached hydrogens (tertiary/aromatic N) is 6. The minimum absolute atomic E-state index is 0.198. The summed E-state index contributed by atoms with van der Waals surface area (Å²) >= 11 is 5.89. The smallest absolute Gasteiger partial charge is 0.267 e. The molecule has 0 atom stereocenters. The summed E-state index contributed by atoms with van der Waals surface area (Å²) in [6.45, 7) is 0.760. The van der Waals surface area contributed by atoms with Crippen LogP contribution in [0.2, 0.25) is 5.02 Å². The number of hydrogen-bond acceptors (Lipinski definition) is 6. The Kier molecular flexibility index (Phi) is 4.94. The largest absolute Gasteiger partial charge is 0.409 e. The Morgan fingerprint density at radius 2 is 2.00 bits per heavy atom. The molecule has 0 N–H and O–H groups in total. The SMILES string of the molecule is CCn1ncc(Cl)c1CS(=O)(=O)Cc1nnn(CC(F)(F)F)n1. The molecule has 128 valence electrons. The van der Waals surface area contributed by atoms with Crippen molar-refractivity contribution in [2.75, 3.05) is 0 Å². The van der Waals surface area contributed by atoms with Crippen LogP contribution in [0.5, 0.6) is 0 Å². The molecule has 0 radical (unpaired) electrons. The Morgan fingerprint density at radius 3 is 2.61 bits per heavy atom.